The standard InChI is InChI=1S/C23H31N3O2/c1-16(2)23(27)20-6-7-22(24-15-20)26-11-9-25(10-12-26)17(3)19-5-4-18-8-13-28-21(18)14-19/h4-7,14-17,23,27H,8-13H2,1-3H3. The van der Waals surface area contributed by atoms with Crippen LogP contribution in [0.4, 0.5) is 5.82 Å². The zero-order chi connectivity index (χ0) is 19.7. The molecule has 1 aromatic heterocycles. The lowest BCUT2D eigenvalue weighted by Crippen LogP contribution is -2.47. The second-order valence-electron chi connectivity index (χ2n) is 8.30. The van der Waals surface area contributed by atoms with Crippen molar-refractivity contribution < 1.29 is 9.84 Å². The Morgan fingerprint density at radius 2 is 1.75 bits per heavy atom. The fourth-order valence-corrected chi connectivity index (χ4v) is 4.14. The lowest BCUT2D eigenvalue weighted by molar-refractivity contribution is 0.126. The van der Waals surface area contributed by atoms with E-state index in [1.54, 1.807) is 0 Å². The van der Waals surface area contributed by atoms with E-state index in [4.69, 9.17) is 4.74 Å². The van der Waals surface area contributed by atoms with Crippen molar-refractivity contribution in [1.82, 2.24) is 9.88 Å². The first-order chi connectivity index (χ1) is 13.5. The molecule has 0 saturated carbocycles. The van der Waals surface area contributed by atoms with Crippen LogP contribution in [0, 0.1) is 5.92 Å². The van der Waals surface area contributed by atoms with Crippen LogP contribution in [-0.4, -0.2) is 47.8 Å². The smallest absolute Gasteiger partial charge is 0.128 e. The molecule has 4 rings (SSSR count). The normalized spacial score (nSPS) is 19.4. The van der Waals surface area contributed by atoms with E-state index in [2.05, 4.69) is 39.9 Å². The highest BCUT2D eigenvalue weighted by Crippen LogP contribution is 2.31. The van der Waals surface area contributed by atoms with Gasteiger partial charge in [-0.05, 0) is 41.7 Å². The number of aliphatic hydroxyl groups excluding tert-OH is 1. The van der Waals surface area contributed by atoms with Crippen LogP contribution >= 0.6 is 0 Å². The summed E-state index contributed by atoms with van der Waals surface area (Å²) in [6, 6.07) is 11.1. The molecule has 28 heavy (non-hydrogen) atoms. The summed E-state index contributed by atoms with van der Waals surface area (Å²) in [5.74, 6) is 2.26. The summed E-state index contributed by atoms with van der Waals surface area (Å²) in [6.07, 6.45) is 2.40. The Kier molecular flexibility index (Phi) is 5.56. The van der Waals surface area contributed by atoms with E-state index in [9.17, 15) is 5.11 Å². The monoisotopic (exact) mass is 381 g/mol. The fraction of sp³-hybridized carbons (Fsp3) is 0.522. The van der Waals surface area contributed by atoms with Crippen molar-refractivity contribution in [2.75, 3.05) is 37.7 Å². The molecule has 1 N–H and O–H groups in total. The number of nitrogens with zero attached hydrogens (tertiary/aromatic N) is 3. The summed E-state index contributed by atoms with van der Waals surface area (Å²) in [7, 11) is 0. The molecule has 1 saturated heterocycles. The molecular weight excluding hydrogens is 350 g/mol. The Morgan fingerprint density at radius 3 is 2.43 bits per heavy atom. The molecule has 150 valence electrons. The number of hydrogen-bond acceptors (Lipinski definition) is 5. The quantitative estimate of drug-likeness (QED) is 0.858. The summed E-state index contributed by atoms with van der Waals surface area (Å²) in [4.78, 5) is 9.47. The Hall–Kier alpha value is -2.11. The van der Waals surface area contributed by atoms with Gasteiger partial charge in [0.1, 0.15) is 11.6 Å². The number of aromatic nitrogens is 1. The van der Waals surface area contributed by atoms with Crippen molar-refractivity contribution in [2.24, 2.45) is 5.92 Å². The number of piperazine rings is 1. The van der Waals surface area contributed by atoms with Gasteiger partial charge in [0.05, 0.1) is 12.7 Å². The van der Waals surface area contributed by atoms with Crippen LogP contribution in [-0.2, 0) is 6.42 Å². The van der Waals surface area contributed by atoms with Crippen LogP contribution < -0.4 is 9.64 Å². The molecule has 2 unspecified atom stereocenters. The molecule has 1 fully saturated rings. The SMILES string of the molecule is CC(C)C(O)c1ccc(N2CCN(C(C)c3ccc4c(c3)OCC4)CC2)nc1. The van der Waals surface area contributed by atoms with Gasteiger partial charge in [0.25, 0.3) is 0 Å². The van der Waals surface area contributed by atoms with Crippen LogP contribution in [0.1, 0.15) is 49.6 Å². The number of pyridine rings is 1. The van der Waals surface area contributed by atoms with Gasteiger partial charge in [-0.25, -0.2) is 4.98 Å². The Morgan fingerprint density at radius 1 is 1.00 bits per heavy atom. The van der Waals surface area contributed by atoms with Gasteiger partial charge in [-0.15, -0.1) is 0 Å². The second kappa shape index (κ2) is 8.10. The zero-order valence-corrected chi connectivity index (χ0v) is 17.1. The molecule has 2 aliphatic heterocycles. The minimum absolute atomic E-state index is 0.197. The molecule has 0 spiro atoms. The molecular formula is C23H31N3O2. The van der Waals surface area contributed by atoms with E-state index in [1.807, 2.05) is 32.2 Å². The van der Waals surface area contributed by atoms with Gasteiger partial charge in [-0.2, -0.15) is 0 Å². The Labute approximate surface area is 168 Å². The number of ether oxygens (including phenoxy) is 1. The summed E-state index contributed by atoms with van der Waals surface area (Å²) in [6.45, 7) is 11.1. The average molecular weight is 382 g/mol. The van der Waals surface area contributed by atoms with Gasteiger partial charge in [0.2, 0.25) is 0 Å². The first kappa shape index (κ1) is 19.2. The molecule has 2 atom stereocenters. The maximum absolute atomic E-state index is 10.2. The van der Waals surface area contributed by atoms with Crippen LogP contribution in [0.5, 0.6) is 5.75 Å². The van der Waals surface area contributed by atoms with Gasteiger partial charge >= 0.3 is 0 Å². The highest BCUT2D eigenvalue weighted by atomic mass is 16.5. The lowest BCUT2D eigenvalue weighted by Gasteiger charge is -2.38. The largest absolute Gasteiger partial charge is 0.493 e. The zero-order valence-electron chi connectivity index (χ0n) is 17.1. The summed E-state index contributed by atoms with van der Waals surface area (Å²) in [5, 5.41) is 10.2. The first-order valence-corrected chi connectivity index (χ1v) is 10.4. The number of hydrogen-bond donors (Lipinski definition) is 1. The third-order valence-corrected chi connectivity index (χ3v) is 6.13. The molecule has 1 aromatic carbocycles. The van der Waals surface area contributed by atoms with E-state index in [0.29, 0.717) is 6.04 Å². The van der Waals surface area contributed by atoms with Crippen LogP contribution in [0.25, 0.3) is 0 Å². The van der Waals surface area contributed by atoms with Crippen molar-refractivity contribution in [3.05, 3.63) is 53.2 Å². The maximum atomic E-state index is 10.2. The first-order valence-electron chi connectivity index (χ1n) is 10.4. The summed E-state index contributed by atoms with van der Waals surface area (Å²) in [5.41, 5.74) is 3.56. The second-order valence-corrected chi connectivity index (χ2v) is 8.30. The molecule has 2 aromatic rings. The number of anilines is 1. The minimum atomic E-state index is -0.449. The summed E-state index contributed by atoms with van der Waals surface area (Å²) >= 11 is 0. The summed E-state index contributed by atoms with van der Waals surface area (Å²) < 4.78 is 5.74. The van der Waals surface area contributed by atoms with Crippen molar-refractivity contribution in [3.63, 3.8) is 0 Å². The van der Waals surface area contributed by atoms with Crippen molar-refractivity contribution >= 4 is 5.82 Å². The highest BCUT2D eigenvalue weighted by molar-refractivity contribution is 5.42. The maximum Gasteiger partial charge on any atom is 0.128 e. The van der Waals surface area contributed by atoms with Gasteiger partial charge in [-0.1, -0.05) is 32.0 Å². The lowest BCUT2D eigenvalue weighted by atomic mass is 10.0. The highest BCUT2D eigenvalue weighted by Gasteiger charge is 2.24. The fourth-order valence-electron chi connectivity index (χ4n) is 4.14. The van der Waals surface area contributed by atoms with Crippen LogP contribution in [0.15, 0.2) is 36.5 Å². The van der Waals surface area contributed by atoms with E-state index < -0.39 is 6.10 Å². The number of rotatable bonds is 5. The minimum Gasteiger partial charge on any atom is -0.493 e. The third-order valence-electron chi connectivity index (χ3n) is 6.13. The average Bonchev–Trinajstić information content (AvgIpc) is 3.21. The predicted octanol–water partition coefficient (Wildman–Crippen LogP) is 3.59. The number of aliphatic hydroxyl groups is 1. The van der Waals surface area contributed by atoms with Crippen molar-refractivity contribution in [1.29, 1.82) is 0 Å². The van der Waals surface area contributed by atoms with Crippen LogP contribution in [0.2, 0.25) is 0 Å². The van der Waals surface area contributed by atoms with Crippen LogP contribution in [0.3, 0.4) is 0 Å². The van der Waals surface area contributed by atoms with Crippen molar-refractivity contribution in [2.45, 2.75) is 39.3 Å². The van der Waals surface area contributed by atoms with Gasteiger partial charge in [0.15, 0.2) is 0 Å². The number of fused-ring (bicyclic) bond motifs is 1. The molecule has 0 radical (unpaired) electrons. The van der Waals surface area contributed by atoms with E-state index in [0.717, 1.165) is 56.3 Å². The van der Waals surface area contributed by atoms with E-state index in [1.165, 1.54) is 11.1 Å². The predicted molar refractivity (Wildman–Crippen MR) is 112 cm³/mol. The topological polar surface area (TPSA) is 48.8 Å². The molecule has 0 aliphatic carbocycles. The van der Waals surface area contributed by atoms with Crippen molar-refractivity contribution in [3.8, 4) is 5.75 Å². The number of benzene rings is 1. The molecule has 2 aliphatic rings. The third kappa shape index (κ3) is 3.87. The molecule has 5 nitrogen and oxygen atoms in total. The van der Waals surface area contributed by atoms with E-state index >= 15 is 0 Å². The molecule has 0 bridgehead atoms. The van der Waals surface area contributed by atoms with Gasteiger partial charge < -0.3 is 14.7 Å². The van der Waals surface area contributed by atoms with Gasteiger partial charge in [0, 0.05) is 44.8 Å². The van der Waals surface area contributed by atoms with Gasteiger partial charge in [-0.3, -0.25) is 4.90 Å². The molecule has 0 amide bonds. The van der Waals surface area contributed by atoms with E-state index in [-0.39, 0.29) is 5.92 Å². The Balaban J connectivity index is 1.36. The molecule has 5 heteroatoms. The molecule has 3 heterocycles. The Bertz CT molecular complexity index is 798.